The first-order chi connectivity index (χ1) is 11.8. The molecule has 0 saturated carbocycles. The second kappa shape index (κ2) is 6.77. The van der Waals surface area contributed by atoms with Crippen molar-refractivity contribution in [3.8, 4) is 0 Å². The van der Waals surface area contributed by atoms with E-state index in [9.17, 15) is 4.79 Å². The van der Waals surface area contributed by atoms with Gasteiger partial charge in [-0.2, -0.15) is 5.10 Å². The molecule has 0 N–H and O–H groups in total. The van der Waals surface area contributed by atoms with Gasteiger partial charge in [-0.25, -0.2) is 0 Å². The van der Waals surface area contributed by atoms with Crippen molar-refractivity contribution in [1.29, 1.82) is 0 Å². The van der Waals surface area contributed by atoms with Crippen molar-refractivity contribution in [2.24, 2.45) is 0 Å². The molecular formula is C19H24N4O. The smallest absolute Gasteiger partial charge is 0.253 e. The molecule has 1 aromatic carbocycles. The zero-order valence-electron chi connectivity index (χ0n) is 14.0. The van der Waals surface area contributed by atoms with Crippen molar-refractivity contribution in [3.63, 3.8) is 0 Å². The predicted octanol–water partition coefficient (Wildman–Crippen LogP) is 2.57. The van der Waals surface area contributed by atoms with Crippen LogP contribution in [0.2, 0.25) is 0 Å². The Balaban J connectivity index is 1.36. The molecule has 24 heavy (non-hydrogen) atoms. The molecule has 5 heteroatoms. The van der Waals surface area contributed by atoms with E-state index < -0.39 is 0 Å². The fraction of sp³-hybridized carbons (Fsp3) is 0.474. The molecule has 1 amide bonds. The van der Waals surface area contributed by atoms with E-state index in [1.165, 1.54) is 12.0 Å². The first kappa shape index (κ1) is 15.4. The maximum atomic E-state index is 12.6. The Morgan fingerprint density at radius 3 is 2.71 bits per heavy atom. The van der Waals surface area contributed by atoms with Crippen molar-refractivity contribution < 1.29 is 4.79 Å². The number of likely N-dealkylation sites (tertiary alicyclic amines) is 2. The van der Waals surface area contributed by atoms with E-state index in [2.05, 4.69) is 22.1 Å². The van der Waals surface area contributed by atoms with Crippen molar-refractivity contribution >= 4 is 5.91 Å². The summed E-state index contributed by atoms with van der Waals surface area (Å²) in [6.07, 6.45) is 7.37. The monoisotopic (exact) mass is 324 g/mol. The molecule has 0 atom stereocenters. The van der Waals surface area contributed by atoms with Crippen LogP contribution in [0.3, 0.4) is 0 Å². The molecule has 2 aliphatic heterocycles. The molecule has 4 rings (SSSR count). The Hall–Kier alpha value is -2.14. The summed E-state index contributed by atoms with van der Waals surface area (Å²) in [5.74, 6) is 0.189. The van der Waals surface area contributed by atoms with Crippen LogP contribution in [-0.2, 0) is 6.54 Å². The molecular weight excluding hydrogens is 300 g/mol. The Morgan fingerprint density at radius 1 is 1.12 bits per heavy atom. The maximum Gasteiger partial charge on any atom is 0.253 e. The largest absolute Gasteiger partial charge is 0.339 e. The van der Waals surface area contributed by atoms with Gasteiger partial charge < -0.3 is 4.90 Å². The number of carbonyl (C=O) groups is 1. The lowest BCUT2D eigenvalue weighted by Gasteiger charge is -2.39. The van der Waals surface area contributed by atoms with E-state index >= 15 is 0 Å². The van der Waals surface area contributed by atoms with Gasteiger partial charge in [0.25, 0.3) is 5.91 Å². The van der Waals surface area contributed by atoms with Gasteiger partial charge in [0.15, 0.2) is 0 Å². The van der Waals surface area contributed by atoms with Crippen molar-refractivity contribution in [2.75, 3.05) is 26.2 Å². The Kier molecular flexibility index (Phi) is 4.34. The van der Waals surface area contributed by atoms with Crippen molar-refractivity contribution in [3.05, 3.63) is 53.9 Å². The van der Waals surface area contributed by atoms with Gasteiger partial charge in [0, 0.05) is 50.7 Å². The van der Waals surface area contributed by atoms with Crippen molar-refractivity contribution in [2.45, 2.75) is 31.8 Å². The quantitative estimate of drug-likeness (QED) is 0.868. The highest BCUT2D eigenvalue weighted by molar-refractivity contribution is 5.94. The Labute approximate surface area is 142 Å². The van der Waals surface area contributed by atoms with Gasteiger partial charge in [0.1, 0.15) is 0 Å². The van der Waals surface area contributed by atoms with Crippen LogP contribution in [0.25, 0.3) is 0 Å². The zero-order valence-corrected chi connectivity index (χ0v) is 14.0. The van der Waals surface area contributed by atoms with E-state index in [0.29, 0.717) is 6.04 Å². The number of carbonyl (C=O) groups excluding carboxylic acids is 1. The van der Waals surface area contributed by atoms with Gasteiger partial charge in [0.2, 0.25) is 0 Å². The maximum absolute atomic E-state index is 12.6. The minimum absolute atomic E-state index is 0.189. The molecule has 2 aromatic rings. The standard InChI is InChI=1S/C19H24N4O/c24-19(22-9-2-1-3-10-22)17-7-4-6-16(12-17)13-21-14-18(15-21)23-11-5-8-20-23/h4-8,11-12,18H,1-3,9-10,13-15H2. The van der Waals surface area contributed by atoms with Gasteiger partial charge in [-0.3, -0.25) is 14.4 Å². The Bertz CT molecular complexity index is 685. The van der Waals surface area contributed by atoms with Crippen LogP contribution in [0.15, 0.2) is 42.7 Å². The topological polar surface area (TPSA) is 41.4 Å². The third kappa shape index (κ3) is 3.22. The molecule has 0 spiro atoms. The van der Waals surface area contributed by atoms with Crippen LogP contribution in [-0.4, -0.2) is 51.7 Å². The van der Waals surface area contributed by atoms with Crippen LogP contribution in [0.1, 0.15) is 41.2 Å². The van der Waals surface area contributed by atoms with Crippen LogP contribution < -0.4 is 0 Å². The minimum Gasteiger partial charge on any atom is -0.339 e. The van der Waals surface area contributed by atoms with E-state index in [1.54, 1.807) is 0 Å². The summed E-state index contributed by atoms with van der Waals surface area (Å²) in [6, 6.07) is 10.6. The minimum atomic E-state index is 0.189. The highest BCUT2D eigenvalue weighted by Gasteiger charge is 2.28. The number of amides is 1. The summed E-state index contributed by atoms with van der Waals surface area (Å²) in [7, 11) is 0. The third-order valence-electron chi connectivity index (χ3n) is 5.06. The predicted molar refractivity (Wildman–Crippen MR) is 92.7 cm³/mol. The van der Waals surface area contributed by atoms with Gasteiger partial charge >= 0.3 is 0 Å². The first-order valence-electron chi connectivity index (χ1n) is 8.89. The Morgan fingerprint density at radius 2 is 1.96 bits per heavy atom. The highest BCUT2D eigenvalue weighted by atomic mass is 16.2. The summed E-state index contributed by atoms with van der Waals surface area (Å²) in [5.41, 5.74) is 2.05. The number of piperidine rings is 1. The van der Waals surface area contributed by atoms with E-state index in [0.717, 1.165) is 51.1 Å². The molecule has 5 nitrogen and oxygen atoms in total. The van der Waals surface area contributed by atoms with Crippen LogP contribution in [0.4, 0.5) is 0 Å². The van der Waals surface area contributed by atoms with Gasteiger partial charge in [-0.05, 0) is 43.0 Å². The lowest BCUT2D eigenvalue weighted by Crippen LogP contribution is -2.47. The molecule has 0 unspecified atom stereocenters. The number of aromatic nitrogens is 2. The molecule has 3 heterocycles. The SMILES string of the molecule is O=C(c1cccc(CN2CC(n3cccn3)C2)c1)N1CCCCC1. The van der Waals surface area contributed by atoms with Crippen LogP contribution >= 0.6 is 0 Å². The summed E-state index contributed by atoms with van der Waals surface area (Å²) in [4.78, 5) is 17.0. The summed E-state index contributed by atoms with van der Waals surface area (Å²) >= 11 is 0. The second-order valence-corrected chi connectivity index (χ2v) is 6.89. The number of nitrogens with zero attached hydrogens (tertiary/aromatic N) is 4. The average Bonchev–Trinajstić information content (AvgIpc) is 3.12. The number of hydrogen-bond donors (Lipinski definition) is 0. The fourth-order valence-electron chi connectivity index (χ4n) is 3.68. The molecule has 0 aliphatic carbocycles. The summed E-state index contributed by atoms with van der Waals surface area (Å²) < 4.78 is 2.03. The number of hydrogen-bond acceptors (Lipinski definition) is 3. The highest BCUT2D eigenvalue weighted by Crippen LogP contribution is 2.23. The lowest BCUT2D eigenvalue weighted by molar-refractivity contribution is 0.0723. The van der Waals surface area contributed by atoms with E-state index in [4.69, 9.17) is 0 Å². The number of rotatable bonds is 4. The number of benzene rings is 1. The van der Waals surface area contributed by atoms with Crippen molar-refractivity contribution in [1.82, 2.24) is 19.6 Å². The molecule has 2 aliphatic rings. The molecule has 2 saturated heterocycles. The van der Waals surface area contributed by atoms with E-state index in [-0.39, 0.29) is 5.91 Å². The molecule has 0 bridgehead atoms. The molecule has 1 aromatic heterocycles. The molecule has 126 valence electrons. The van der Waals surface area contributed by atoms with Crippen LogP contribution in [0.5, 0.6) is 0 Å². The lowest BCUT2D eigenvalue weighted by atomic mass is 10.0. The average molecular weight is 324 g/mol. The fourth-order valence-corrected chi connectivity index (χ4v) is 3.68. The zero-order chi connectivity index (χ0) is 16.4. The van der Waals surface area contributed by atoms with Gasteiger partial charge in [-0.1, -0.05) is 12.1 Å². The second-order valence-electron chi connectivity index (χ2n) is 6.89. The van der Waals surface area contributed by atoms with E-state index in [1.807, 2.05) is 40.2 Å². The summed E-state index contributed by atoms with van der Waals surface area (Å²) in [5, 5.41) is 4.31. The normalized spacial score (nSPS) is 19.2. The summed E-state index contributed by atoms with van der Waals surface area (Å²) in [6.45, 7) is 4.75. The molecule has 0 radical (unpaired) electrons. The molecule has 2 fully saturated rings. The van der Waals surface area contributed by atoms with Gasteiger partial charge in [0.05, 0.1) is 6.04 Å². The van der Waals surface area contributed by atoms with Gasteiger partial charge in [-0.15, -0.1) is 0 Å². The third-order valence-corrected chi connectivity index (χ3v) is 5.06. The first-order valence-corrected chi connectivity index (χ1v) is 8.89. The van der Waals surface area contributed by atoms with Crippen LogP contribution in [0, 0.1) is 0 Å².